The molecule has 0 aliphatic heterocycles. The number of guanidine groups is 1. The van der Waals surface area contributed by atoms with Crippen LogP contribution in [0.1, 0.15) is 30.9 Å². The molecule has 1 aromatic rings. The minimum atomic E-state index is -4.34. The van der Waals surface area contributed by atoms with Gasteiger partial charge in [0.05, 0.1) is 19.7 Å². The Bertz CT molecular complexity index is 640. The zero-order valence-corrected chi connectivity index (χ0v) is 19.3. The van der Waals surface area contributed by atoms with Gasteiger partial charge in [0.25, 0.3) is 0 Å². The second-order valence-corrected chi connectivity index (χ2v) is 6.51. The van der Waals surface area contributed by atoms with E-state index in [0.717, 1.165) is 24.9 Å². The Kier molecular flexibility index (Phi) is 13.7. The van der Waals surface area contributed by atoms with Crippen LogP contribution in [0.25, 0.3) is 0 Å². The molecule has 1 rings (SSSR count). The molecule has 0 aliphatic carbocycles. The van der Waals surface area contributed by atoms with Crippen LogP contribution in [-0.4, -0.2) is 56.7 Å². The van der Waals surface area contributed by atoms with E-state index < -0.39 is 12.8 Å². The predicted molar refractivity (Wildman–Crippen MR) is 118 cm³/mol. The van der Waals surface area contributed by atoms with Crippen LogP contribution in [0.15, 0.2) is 29.3 Å². The van der Waals surface area contributed by atoms with E-state index in [1.807, 2.05) is 6.07 Å². The number of benzene rings is 1. The van der Waals surface area contributed by atoms with Gasteiger partial charge in [-0.05, 0) is 17.5 Å². The first-order valence-corrected chi connectivity index (χ1v) is 9.16. The van der Waals surface area contributed by atoms with Gasteiger partial charge in [0.2, 0.25) is 5.91 Å². The number of aliphatic imine (C=N–C) groups is 1. The third-order valence-electron chi connectivity index (χ3n) is 3.67. The summed E-state index contributed by atoms with van der Waals surface area (Å²) in [6, 6.07) is 7.06. The van der Waals surface area contributed by atoms with Gasteiger partial charge in [0.1, 0.15) is 6.61 Å². The topological polar surface area (TPSA) is 66.0 Å². The summed E-state index contributed by atoms with van der Waals surface area (Å²) in [5.74, 6) is 0.441. The highest BCUT2D eigenvalue weighted by Gasteiger charge is 2.27. The molecule has 2 N–H and O–H groups in total. The number of likely N-dealkylation sites (N-methyl/N-ethyl adjacent to an activating group) is 1. The maximum absolute atomic E-state index is 12.2. The largest absolute Gasteiger partial charge is 0.411 e. The Labute approximate surface area is 187 Å². The van der Waals surface area contributed by atoms with Gasteiger partial charge in [-0.3, -0.25) is 4.79 Å². The summed E-state index contributed by atoms with van der Waals surface area (Å²) in [4.78, 5) is 17.7. The number of carbonyl (C=O) groups excluding carboxylic acids is 1. The summed E-state index contributed by atoms with van der Waals surface area (Å²) in [6.45, 7) is 1.86. The van der Waals surface area contributed by atoms with Crippen LogP contribution in [0.2, 0.25) is 0 Å². The lowest BCUT2D eigenvalue weighted by atomic mass is 10.1. The van der Waals surface area contributed by atoms with E-state index in [1.54, 1.807) is 32.3 Å². The van der Waals surface area contributed by atoms with Crippen molar-refractivity contribution < 1.29 is 22.7 Å². The molecule has 1 amide bonds. The number of nitrogens with zero attached hydrogens (tertiary/aromatic N) is 2. The van der Waals surface area contributed by atoms with Crippen molar-refractivity contribution in [1.29, 1.82) is 0 Å². The molecule has 0 aliphatic rings. The molecule has 0 bridgehead atoms. The first kappa shape index (κ1) is 27.4. The molecule has 0 radical (unpaired) electrons. The molecule has 0 spiro atoms. The van der Waals surface area contributed by atoms with E-state index in [1.165, 1.54) is 4.90 Å². The van der Waals surface area contributed by atoms with Crippen molar-refractivity contribution in [2.24, 2.45) is 4.99 Å². The van der Waals surface area contributed by atoms with Gasteiger partial charge in [-0.25, -0.2) is 4.99 Å². The lowest BCUT2D eigenvalue weighted by Crippen LogP contribution is -2.43. The maximum atomic E-state index is 12.2. The van der Waals surface area contributed by atoms with E-state index in [9.17, 15) is 18.0 Å². The Morgan fingerprint density at radius 2 is 1.90 bits per heavy atom. The third kappa shape index (κ3) is 13.3. The van der Waals surface area contributed by atoms with Crippen LogP contribution in [0, 0.1) is 0 Å². The van der Waals surface area contributed by atoms with Gasteiger partial charge in [0, 0.05) is 20.6 Å². The van der Waals surface area contributed by atoms with Gasteiger partial charge in [-0.15, -0.1) is 24.0 Å². The summed E-state index contributed by atoms with van der Waals surface area (Å²) in [5, 5.41) is 6.16. The molecule has 0 heterocycles. The molecule has 0 atom stereocenters. The number of alkyl halides is 3. The van der Waals surface area contributed by atoms with Crippen molar-refractivity contribution in [3.8, 4) is 0 Å². The Morgan fingerprint density at radius 3 is 2.52 bits per heavy atom. The number of unbranched alkanes of at least 4 members (excludes halogenated alkanes) is 1. The number of rotatable bonds is 10. The number of hydrogen-bond donors (Lipinski definition) is 2. The summed E-state index contributed by atoms with van der Waals surface area (Å²) < 4.78 is 41.2. The predicted octanol–water partition coefficient (Wildman–Crippen LogP) is 3.31. The van der Waals surface area contributed by atoms with Gasteiger partial charge < -0.3 is 20.3 Å². The number of amides is 1. The lowest BCUT2D eigenvalue weighted by molar-refractivity contribution is -0.176. The van der Waals surface area contributed by atoms with Crippen molar-refractivity contribution >= 4 is 35.8 Å². The molecule has 0 saturated heterocycles. The fraction of sp³-hybridized carbons (Fsp3) is 0.579. The van der Waals surface area contributed by atoms with Crippen molar-refractivity contribution in [2.45, 2.75) is 39.1 Å². The number of hydrogen-bond acceptors (Lipinski definition) is 3. The Morgan fingerprint density at radius 1 is 1.21 bits per heavy atom. The van der Waals surface area contributed by atoms with Crippen LogP contribution in [0.4, 0.5) is 13.2 Å². The summed E-state index contributed by atoms with van der Waals surface area (Å²) >= 11 is 0. The molecule has 0 saturated carbocycles. The number of carbonyl (C=O) groups is 1. The van der Waals surface area contributed by atoms with Gasteiger partial charge >= 0.3 is 6.18 Å². The quantitative estimate of drug-likeness (QED) is 0.211. The second kappa shape index (κ2) is 14.4. The van der Waals surface area contributed by atoms with Crippen molar-refractivity contribution in [3.63, 3.8) is 0 Å². The average molecular weight is 530 g/mol. The molecule has 166 valence electrons. The number of nitrogens with one attached hydrogen (secondary N) is 2. The van der Waals surface area contributed by atoms with Crippen molar-refractivity contribution in [1.82, 2.24) is 15.5 Å². The molecule has 1 aromatic carbocycles. The summed E-state index contributed by atoms with van der Waals surface area (Å²) in [6.07, 6.45) is -2.35. The van der Waals surface area contributed by atoms with Gasteiger partial charge in [-0.1, -0.05) is 37.6 Å². The molecule has 0 fully saturated rings. The summed E-state index contributed by atoms with van der Waals surface area (Å²) in [5.41, 5.74) is 1.48. The SMILES string of the molecule is CCCCNC(=NCc1cccc(COCC(F)(F)F)c1)NCC(=O)N(C)C.I. The van der Waals surface area contributed by atoms with E-state index >= 15 is 0 Å². The number of ether oxygens (including phenoxy) is 1. The van der Waals surface area contributed by atoms with Crippen LogP contribution in [0.5, 0.6) is 0 Å². The molecule has 0 unspecified atom stereocenters. The van der Waals surface area contributed by atoms with Crippen LogP contribution in [0.3, 0.4) is 0 Å². The monoisotopic (exact) mass is 530 g/mol. The zero-order valence-electron chi connectivity index (χ0n) is 17.0. The van der Waals surface area contributed by atoms with Crippen LogP contribution in [-0.2, 0) is 22.7 Å². The molecule has 6 nitrogen and oxygen atoms in total. The Balaban J connectivity index is 0.00000784. The fourth-order valence-corrected chi connectivity index (χ4v) is 2.15. The highest BCUT2D eigenvalue weighted by molar-refractivity contribution is 14.0. The standard InChI is InChI=1S/C19H29F3N4O2.HI/c1-4-5-9-23-18(25-12-17(27)26(2)3)24-11-15-7-6-8-16(10-15)13-28-14-19(20,21)22;/h6-8,10H,4-5,9,11-14H2,1-3H3,(H2,23,24,25);1H. The first-order valence-electron chi connectivity index (χ1n) is 9.16. The van der Waals surface area contributed by atoms with Crippen molar-refractivity contribution in [3.05, 3.63) is 35.4 Å². The average Bonchev–Trinajstić information content (AvgIpc) is 2.62. The summed E-state index contributed by atoms with van der Waals surface area (Å²) in [7, 11) is 3.36. The van der Waals surface area contributed by atoms with E-state index in [2.05, 4.69) is 27.3 Å². The highest BCUT2D eigenvalue weighted by atomic mass is 127. The molecule has 10 heteroatoms. The van der Waals surface area contributed by atoms with Crippen LogP contribution >= 0.6 is 24.0 Å². The smallest absolute Gasteiger partial charge is 0.367 e. The molecular formula is C19H30F3IN4O2. The Hall–Kier alpha value is -1.56. The van der Waals surface area contributed by atoms with Gasteiger partial charge in [-0.2, -0.15) is 13.2 Å². The maximum Gasteiger partial charge on any atom is 0.411 e. The minimum Gasteiger partial charge on any atom is -0.367 e. The normalized spacial score (nSPS) is 11.6. The fourth-order valence-electron chi connectivity index (χ4n) is 2.15. The molecule has 29 heavy (non-hydrogen) atoms. The third-order valence-corrected chi connectivity index (χ3v) is 3.67. The lowest BCUT2D eigenvalue weighted by Gasteiger charge is -2.15. The molecular weight excluding hydrogens is 500 g/mol. The molecule has 0 aromatic heterocycles. The van der Waals surface area contributed by atoms with Gasteiger partial charge in [0.15, 0.2) is 5.96 Å². The van der Waals surface area contributed by atoms with Crippen LogP contribution < -0.4 is 10.6 Å². The zero-order chi connectivity index (χ0) is 21.0. The minimum absolute atomic E-state index is 0. The van der Waals surface area contributed by atoms with E-state index in [0.29, 0.717) is 18.1 Å². The van der Waals surface area contributed by atoms with Crippen molar-refractivity contribution in [2.75, 3.05) is 33.8 Å². The highest BCUT2D eigenvalue weighted by Crippen LogP contribution is 2.16. The number of halogens is 4. The second-order valence-electron chi connectivity index (χ2n) is 6.51. The van der Waals surface area contributed by atoms with E-state index in [4.69, 9.17) is 0 Å². The van der Waals surface area contributed by atoms with E-state index in [-0.39, 0.29) is 43.0 Å². The first-order chi connectivity index (χ1) is 13.2.